The van der Waals surface area contributed by atoms with E-state index in [2.05, 4.69) is 31.1 Å². The third-order valence-electron chi connectivity index (χ3n) is 7.82. The van der Waals surface area contributed by atoms with E-state index in [0.717, 1.165) is 57.4 Å². The number of alkyl carbamates (subject to hydrolysis) is 2. The molecule has 2 aliphatic rings. The molecule has 0 saturated heterocycles. The van der Waals surface area contributed by atoms with Gasteiger partial charge >= 0.3 is 18.2 Å². The summed E-state index contributed by atoms with van der Waals surface area (Å²) in [7, 11) is 0. The molecule has 2 rings (SSSR count). The first-order valence-corrected chi connectivity index (χ1v) is 14.4. The molecule has 0 aliphatic heterocycles. The monoisotopic (exact) mass is 538 g/mol. The molecule has 0 aromatic carbocycles. The highest BCUT2D eigenvalue weighted by atomic mass is 16.6. The Bertz CT molecular complexity index is 761. The van der Waals surface area contributed by atoms with E-state index >= 15 is 0 Å². The highest BCUT2D eigenvalue weighted by molar-refractivity contribution is 5.81. The molecule has 0 radical (unpaired) electrons. The highest BCUT2D eigenvalue weighted by Gasteiger charge is 2.40. The molecule has 0 aromatic heterocycles. The maximum atomic E-state index is 12.2. The van der Waals surface area contributed by atoms with E-state index in [4.69, 9.17) is 18.9 Å². The lowest BCUT2D eigenvalue weighted by molar-refractivity contribution is -0.137. The summed E-state index contributed by atoms with van der Waals surface area (Å²) < 4.78 is 21.4. The van der Waals surface area contributed by atoms with Crippen molar-refractivity contribution in [3.63, 3.8) is 0 Å². The Hall–Kier alpha value is -2.29. The summed E-state index contributed by atoms with van der Waals surface area (Å²) in [5.41, 5.74) is -0.0596. The second-order valence-corrected chi connectivity index (χ2v) is 11.7. The van der Waals surface area contributed by atoms with Crippen molar-refractivity contribution in [3.05, 3.63) is 12.7 Å². The predicted molar refractivity (Wildman–Crippen MR) is 146 cm³/mol. The van der Waals surface area contributed by atoms with Crippen LogP contribution in [0.25, 0.3) is 0 Å². The minimum absolute atomic E-state index is 0.0209. The number of rotatable bonds is 14. The standard InChI is InChI=1S/C29H50N2O7/c1-5-25(32)36-17-9-15-31-27(34)38-22-29(4)19-23-10-7-12-28(3,13-11-24(18-23)20-29)21-37-26(33)30-14-8-16-35-6-2/h5,23-24H,1,6-22H2,2-4H3,(H,30,33)(H,31,34)/t23-,24?,28?,29?/m1/s1. The molecule has 2 aliphatic carbocycles. The summed E-state index contributed by atoms with van der Waals surface area (Å²) in [5.74, 6) is 0.741. The molecule has 4 atom stereocenters. The fourth-order valence-corrected chi connectivity index (χ4v) is 5.90. The van der Waals surface area contributed by atoms with Gasteiger partial charge < -0.3 is 29.6 Å². The van der Waals surface area contributed by atoms with Gasteiger partial charge in [-0.15, -0.1) is 0 Å². The fraction of sp³-hybridized carbons (Fsp3) is 0.828. The summed E-state index contributed by atoms with van der Waals surface area (Å²) in [6, 6.07) is 0. The molecule has 38 heavy (non-hydrogen) atoms. The molecular weight excluding hydrogens is 488 g/mol. The molecule has 218 valence electrons. The van der Waals surface area contributed by atoms with Crippen molar-refractivity contribution in [2.75, 3.05) is 46.1 Å². The van der Waals surface area contributed by atoms with Gasteiger partial charge in [-0.1, -0.05) is 33.3 Å². The molecule has 3 unspecified atom stereocenters. The van der Waals surface area contributed by atoms with Crippen molar-refractivity contribution in [2.45, 2.75) is 85.0 Å². The van der Waals surface area contributed by atoms with Gasteiger partial charge in [0.1, 0.15) is 0 Å². The fourth-order valence-electron chi connectivity index (χ4n) is 5.90. The van der Waals surface area contributed by atoms with Gasteiger partial charge in [0.25, 0.3) is 0 Å². The van der Waals surface area contributed by atoms with Gasteiger partial charge in [-0.3, -0.25) is 0 Å². The van der Waals surface area contributed by atoms with Gasteiger partial charge in [0.05, 0.1) is 19.8 Å². The Morgan fingerprint density at radius 3 is 2.11 bits per heavy atom. The Morgan fingerprint density at radius 1 is 0.868 bits per heavy atom. The molecule has 9 heteroatoms. The van der Waals surface area contributed by atoms with E-state index in [0.29, 0.717) is 57.8 Å². The lowest BCUT2D eigenvalue weighted by Crippen LogP contribution is -2.37. The molecule has 9 nitrogen and oxygen atoms in total. The first kappa shape index (κ1) is 31.9. The lowest BCUT2D eigenvalue weighted by Gasteiger charge is -2.42. The molecular formula is C29H50N2O7. The summed E-state index contributed by atoms with van der Waals surface area (Å²) in [6.45, 7) is 13.1. The molecule has 2 fully saturated rings. The van der Waals surface area contributed by atoms with E-state index in [-0.39, 0.29) is 23.5 Å². The minimum atomic E-state index is -0.465. The van der Waals surface area contributed by atoms with Crippen LogP contribution in [-0.2, 0) is 23.7 Å². The van der Waals surface area contributed by atoms with Crippen LogP contribution in [0.4, 0.5) is 9.59 Å². The van der Waals surface area contributed by atoms with Crippen LogP contribution in [0.3, 0.4) is 0 Å². The number of esters is 1. The molecule has 0 aromatic rings. The van der Waals surface area contributed by atoms with Crippen molar-refractivity contribution in [1.82, 2.24) is 10.6 Å². The SMILES string of the molecule is C=CC(=O)OCCCNC(=O)OCC1(C)CC2CCC(C)(COC(=O)NCCCOCC)CCC[C@H](C2)C1. The third-order valence-corrected chi connectivity index (χ3v) is 7.82. The van der Waals surface area contributed by atoms with E-state index < -0.39 is 12.1 Å². The Labute approximate surface area is 228 Å². The van der Waals surface area contributed by atoms with Crippen molar-refractivity contribution in [2.24, 2.45) is 22.7 Å². The van der Waals surface area contributed by atoms with Crippen LogP contribution in [0.1, 0.15) is 85.0 Å². The number of hydrogen-bond acceptors (Lipinski definition) is 7. The maximum absolute atomic E-state index is 12.2. The maximum Gasteiger partial charge on any atom is 0.407 e. The average Bonchev–Trinajstić information content (AvgIpc) is 2.94. The molecule has 2 amide bonds. The number of ether oxygens (including phenoxy) is 4. The van der Waals surface area contributed by atoms with Crippen LogP contribution in [0.2, 0.25) is 0 Å². The van der Waals surface area contributed by atoms with Gasteiger partial charge in [-0.2, -0.15) is 0 Å². The van der Waals surface area contributed by atoms with Crippen LogP contribution in [-0.4, -0.2) is 64.3 Å². The van der Waals surface area contributed by atoms with Crippen molar-refractivity contribution >= 4 is 18.2 Å². The first-order valence-electron chi connectivity index (χ1n) is 14.4. The van der Waals surface area contributed by atoms with Crippen molar-refractivity contribution in [3.8, 4) is 0 Å². The average molecular weight is 539 g/mol. The zero-order valence-corrected chi connectivity index (χ0v) is 23.8. The molecule has 2 bridgehead atoms. The van der Waals surface area contributed by atoms with Gasteiger partial charge in [-0.25, -0.2) is 14.4 Å². The van der Waals surface area contributed by atoms with Crippen LogP contribution in [0.15, 0.2) is 12.7 Å². The number of carbonyl (C=O) groups is 3. The number of fused-ring (bicyclic) bond motifs is 2. The van der Waals surface area contributed by atoms with Crippen LogP contribution in [0.5, 0.6) is 0 Å². The number of amides is 2. The van der Waals surface area contributed by atoms with Crippen molar-refractivity contribution in [1.29, 1.82) is 0 Å². The summed E-state index contributed by atoms with van der Waals surface area (Å²) in [4.78, 5) is 35.4. The van der Waals surface area contributed by atoms with E-state index in [1.165, 1.54) is 6.42 Å². The molecule has 2 N–H and O–H groups in total. The quantitative estimate of drug-likeness (QED) is 0.132. The van der Waals surface area contributed by atoms with Gasteiger partial charge in [0.2, 0.25) is 0 Å². The van der Waals surface area contributed by atoms with Crippen LogP contribution in [0, 0.1) is 22.7 Å². The van der Waals surface area contributed by atoms with Crippen molar-refractivity contribution < 1.29 is 33.3 Å². The number of carbonyl (C=O) groups excluding carboxylic acids is 3. The van der Waals surface area contributed by atoms with E-state index in [1.807, 2.05) is 6.92 Å². The molecule has 2 saturated carbocycles. The Balaban J connectivity index is 1.75. The second kappa shape index (κ2) is 16.6. The summed E-state index contributed by atoms with van der Waals surface area (Å²) in [5, 5.41) is 5.56. The first-order chi connectivity index (χ1) is 18.2. The van der Waals surface area contributed by atoms with E-state index in [9.17, 15) is 14.4 Å². The topological polar surface area (TPSA) is 112 Å². The summed E-state index contributed by atoms with van der Waals surface area (Å²) >= 11 is 0. The predicted octanol–water partition coefficient (Wildman–Crippen LogP) is 5.38. The number of hydrogen-bond donors (Lipinski definition) is 2. The Kier molecular flexibility index (Phi) is 14.0. The zero-order valence-electron chi connectivity index (χ0n) is 23.8. The summed E-state index contributed by atoms with van der Waals surface area (Å²) in [6.07, 6.45) is 10.4. The van der Waals surface area contributed by atoms with Gasteiger partial charge in [0.15, 0.2) is 0 Å². The van der Waals surface area contributed by atoms with Gasteiger partial charge in [0, 0.05) is 43.2 Å². The minimum Gasteiger partial charge on any atom is -0.462 e. The smallest absolute Gasteiger partial charge is 0.407 e. The largest absolute Gasteiger partial charge is 0.462 e. The third kappa shape index (κ3) is 12.5. The van der Waals surface area contributed by atoms with Crippen LogP contribution >= 0.6 is 0 Å². The Morgan fingerprint density at radius 2 is 1.47 bits per heavy atom. The zero-order chi connectivity index (χ0) is 27.9. The van der Waals surface area contributed by atoms with E-state index in [1.54, 1.807) is 0 Å². The highest BCUT2D eigenvalue weighted by Crippen LogP contribution is 2.48. The molecule has 0 heterocycles. The lowest BCUT2D eigenvalue weighted by atomic mass is 9.65. The molecule has 0 spiro atoms. The normalized spacial score (nSPS) is 27.1. The second-order valence-electron chi connectivity index (χ2n) is 11.7. The number of nitrogens with one attached hydrogen (secondary N) is 2. The van der Waals surface area contributed by atoms with Gasteiger partial charge in [-0.05, 0) is 70.1 Å². The van der Waals surface area contributed by atoms with Crippen LogP contribution < -0.4 is 10.6 Å².